The van der Waals surface area contributed by atoms with Crippen LogP contribution in [0.25, 0.3) is 0 Å². The second-order valence-electron chi connectivity index (χ2n) is 5.60. The third-order valence-electron chi connectivity index (χ3n) is 2.72. The van der Waals surface area contributed by atoms with E-state index in [0.29, 0.717) is 12.2 Å². The van der Waals surface area contributed by atoms with Crippen LogP contribution < -0.4 is 0 Å². The highest BCUT2D eigenvalue weighted by Gasteiger charge is 2.10. The molecule has 0 spiro atoms. The molecule has 18 heavy (non-hydrogen) atoms. The predicted molar refractivity (Wildman–Crippen MR) is 73.6 cm³/mol. The molecular weight excluding hydrogens is 226 g/mol. The number of benzene rings is 1. The standard InChI is InChI=1S/C15H24NO2/c1-5-6-13-7-9-14(10-8-13)15(17)18-12-11-16(2,3)4/h7-10H,5-6,11-12H2,1-4H3/q+1. The Bertz CT molecular complexity index is 376. The molecule has 0 amide bonds. The molecule has 3 heteroatoms. The first-order valence-electron chi connectivity index (χ1n) is 6.49. The summed E-state index contributed by atoms with van der Waals surface area (Å²) in [5.74, 6) is -0.230. The van der Waals surface area contributed by atoms with Gasteiger partial charge in [-0.05, 0) is 24.1 Å². The quantitative estimate of drug-likeness (QED) is 0.573. The van der Waals surface area contributed by atoms with Crippen LogP contribution in [0.2, 0.25) is 0 Å². The van der Waals surface area contributed by atoms with Gasteiger partial charge in [0.1, 0.15) is 13.2 Å². The molecule has 0 fully saturated rings. The number of hydrogen-bond donors (Lipinski definition) is 0. The maximum absolute atomic E-state index is 11.8. The van der Waals surface area contributed by atoms with Crippen molar-refractivity contribution in [3.63, 3.8) is 0 Å². The van der Waals surface area contributed by atoms with Crippen molar-refractivity contribution in [2.75, 3.05) is 34.3 Å². The zero-order valence-corrected chi connectivity index (χ0v) is 11.9. The van der Waals surface area contributed by atoms with Crippen molar-refractivity contribution in [1.29, 1.82) is 0 Å². The van der Waals surface area contributed by atoms with Gasteiger partial charge in [-0.2, -0.15) is 0 Å². The van der Waals surface area contributed by atoms with Crippen molar-refractivity contribution in [3.05, 3.63) is 35.4 Å². The number of nitrogens with zero attached hydrogens (tertiary/aromatic N) is 1. The van der Waals surface area contributed by atoms with Crippen molar-refractivity contribution in [1.82, 2.24) is 0 Å². The third-order valence-corrected chi connectivity index (χ3v) is 2.72. The molecule has 0 saturated heterocycles. The average molecular weight is 250 g/mol. The Hall–Kier alpha value is -1.35. The van der Waals surface area contributed by atoms with Crippen molar-refractivity contribution >= 4 is 5.97 Å². The van der Waals surface area contributed by atoms with Crippen molar-refractivity contribution in [2.45, 2.75) is 19.8 Å². The topological polar surface area (TPSA) is 26.3 Å². The van der Waals surface area contributed by atoms with E-state index in [2.05, 4.69) is 28.1 Å². The van der Waals surface area contributed by atoms with Crippen LogP contribution in [0, 0.1) is 0 Å². The number of aryl methyl sites for hydroxylation is 1. The van der Waals surface area contributed by atoms with Crippen LogP contribution in [-0.4, -0.2) is 44.7 Å². The Labute approximate surface area is 110 Å². The van der Waals surface area contributed by atoms with Gasteiger partial charge in [0.15, 0.2) is 0 Å². The lowest BCUT2D eigenvalue weighted by molar-refractivity contribution is -0.870. The lowest BCUT2D eigenvalue weighted by atomic mass is 10.1. The van der Waals surface area contributed by atoms with Crippen molar-refractivity contribution < 1.29 is 14.0 Å². The largest absolute Gasteiger partial charge is 0.456 e. The Kier molecular flexibility index (Phi) is 5.35. The molecule has 1 aromatic rings. The van der Waals surface area contributed by atoms with Crippen molar-refractivity contribution in [2.24, 2.45) is 0 Å². The van der Waals surface area contributed by atoms with Crippen LogP contribution in [0.4, 0.5) is 0 Å². The number of hydrogen-bond acceptors (Lipinski definition) is 2. The van der Waals surface area contributed by atoms with Gasteiger partial charge in [-0.15, -0.1) is 0 Å². The van der Waals surface area contributed by atoms with Crippen LogP contribution in [0.5, 0.6) is 0 Å². The van der Waals surface area contributed by atoms with Crippen LogP contribution >= 0.6 is 0 Å². The smallest absolute Gasteiger partial charge is 0.338 e. The lowest BCUT2D eigenvalue weighted by Gasteiger charge is -2.23. The Morgan fingerprint density at radius 2 is 1.78 bits per heavy atom. The van der Waals surface area contributed by atoms with Crippen LogP contribution in [0.3, 0.4) is 0 Å². The molecule has 100 valence electrons. The highest BCUT2D eigenvalue weighted by atomic mass is 16.5. The molecule has 0 atom stereocenters. The van der Waals surface area contributed by atoms with Gasteiger partial charge in [-0.3, -0.25) is 0 Å². The van der Waals surface area contributed by atoms with Crippen LogP contribution in [-0.2, 0) is 11.2 Å². The maximum Gasteiger partial charge on any atom is 0.338 e. The van der Waals surface area contributed by atoms with Gasteiger partial charge >= 0.3 is 5.97 Å². The summed E-state index contributed by atoms with van der Waals surface area (Å²) in [4.78, 5) is 11.8. The van der Waals surface area contributed by atoms with E-state index in [9.17, 15) is 4.79 Å². The summed E-state index contributed by atoms with van der Waals surface area (Å²) < 4.78 is 6.04. The molecule has 0 saturated carbocycles. The lowest BCUT2D eigenvalue weighted by Crippen LogP contribution is -2.38. The van der Waals surface area contributed by atoms with Crippen LogP contribution in [0.15, 0.2) is 24.3 Å². The second-order valence-corrected chi connectivity index (χ2v) is 5.60. The van der Waals surface area contributed by atoms with Gasteiger partial charge in [0.2, 0.25) is 0 Å². The number of rotatable bonds is 6. The molecular formula is C15H24NO2+. The van der Waals surface area contributed by atoms with E-state index < -0.39 is 0 Å². The molecule has 0 radical (unpaired) electrons. The first-order chi connectivity index (χ1) is 8.42. The first-order valence-corrected chi connectivity index (χ1v) is 6.49. The third kappa shape index (κ3) is 5.32. The number of ether oxygens (including phenoxy) is 1. The molecule has 0 heterocycles. The Morgan fingerprint density at radius 1 is 1.17 bits per heavy atom. The number of likely N-dealkylation sites (N-methyl/N-ethyl adjacent to an activating group) is 1. The minimum absolute atomic E-state index is 0.230. The summed E-state index contributed by atoms with van der Waals surface area (Å²) in [6.45, 7) is 3.42. The minimum atomic E-state index is -0.230. The molecule has 0 bridgehead atoms. The fourth-order valence-corrected chi connectivity index (χ4v) is 1.59. The Balaban J connectivity index is 2.46. The molecule has 0 aliphatic carbocycles. The second kappa shape index (κ2) is 6.55. The number of esters is 1. The summed E-state index contributed by atoms with van der Waals surface area (Å²) in [6, 6.07) is 7.69. The van der Waals surface area contributed by atoms with E-state index in [1.54, 1.807) is 0 Å². The number of quaternary nitrogens is 1. The molecule has 0 unspecified atom stereocenters. The maximum atomic E-state index is 11.8. The van der Waals surface area contributed by atoms with Crippen LogP contribution in [0.1, 0.15) is 29.3 Å². The SMILES string of the molecule is CCCc1ccc(C(=O)OCC[N+](C)(C)C)cc1. The molecule has 0 aliphatic rings. The summed E-state index contributed by atoms with van der Waals surface area (Å²) in [6.07, 6.45) is 2.17. The fourth-order valence-electron chi connectivity index (χ4n) is 1.59. The van der Waals surface area contributed by atoms with Gasteiger partial charge in [0, 0.05) is 0 Å². The molecule has 1 rings (SSSR count). The van der Waals surface area contributed by atoms with E-state index in [0.717, 1.165) is 23.9 Å². The summed E-state index contributed by atoms with van der Waals surface area (Å²) in [5.41, 5.74) is 1.90. The van der Waals surface area contributed by atoms with E-state index in [1.807, 2.05) is 24.3 Å². The van der Waals surface area contributed by atoms with E-state index in [-0.39, 0.29) is 5.97 Å². The Morgan fingerprint density at radius 3 is 2.28 bits per heavy atom. The van der Waals surface area contributed by atoms with Gasteiger partial charge in [-0.1, -0.05) is 25.5 Å². The monoisotopic (exact) mass is 250 g/mol. The van der Waals surface area contributed by atoms with Gasteiger partial charge in [0.25, 0.3) is 0 Å². The zero-order chi connectivity index (χ0) is 13.6. The number of carbonyl (C=O) groups is 1. The predicted octanol–water partition coefficient (Wildman–Crippen LogP) is 2.50. The van der Waals surface area contributed by atoms with E-state index >= 15 is 0 Å². The summed E-state index contributed by atoms with van der Waals surface area (Å²) >= 11 is 0. The first kappa shape index (κ1) is 14.7. The fraction of sp³-hybridized carbons (Fsp3) is 0.533. The highest BCUT2D eigenvalue weighted by Crippen LogP contribution is 2.08. The molecule has 1 aromatic carbocycles. The van der Waals surface area contributed by atoms with Gasteiger partial charge in [0.05, 0.1) is 26.7 Å². The normalized spacial score (nSPS) is 11.3. The highest BCUT2D eigenvalue weighted by molar-refractivity contribution is 5.89. The summed E-state index contributed by atoms with van der Waals surface area (Å²) in [7, 11) is 6.23. The number of carbonyl (C=O) groups excluding carboxylic acids is 1. The molecule has 0 aliphatic heterocycles. The average Bonchev–Trinajstić information content (AvgIpc) is 2.28. The van der Waals surface area contributed by atoms with E-state index in [4.69, 9.17) is 4.74 Å². The van der Waals surface area contributed by atoms with Crippen molar-refractivity contribution in [3.8, 4) is 0 Å². The minimum Gasteiger partial charge on any atom is -0.456 e. The molecule has 3 nitrogen and oxygen atoms in total. The van der Waals surface area contributed by atoms with Gasteiger partial charge < -0.3 is 9.22 Å². The molecule has 0 N–H and O–H groups in total. The summed E-state index contributed by atoms with van der Waals surface area (Å²) in [5, 5.41) is 0. The zero-order valence-electron chi connectivity index (χ0n) is 11.9. The molecule has 0 aromatic heterocycles. The van der Waals surface area contributed by atoms with E-state index in [1.165, 1.54) is 5.56 Å². The van der Waals surface area contributed by atoms with Gasteiger partial charge in [-0.25, -0.2) is 4.79 Å².